The molecule has 0 bridgehead atoms. The highest BCUT2D eigenvalue weighted by Crippen LogP contribution is 2.27. The van der Waals surface area contributed by atoms with E-state index in [2.05, 4.69) is 28.4 Å². The van der Waals surface area contributed by atoms with Crippen LogP contribution in [0.2, 0.25) is 0 Å². The van der Waals surface area contributed by atoms with E-state index < -0.39 is 0 Å². The second kappa shape index (κ2) is 8.84. The molecule has 5 aromatic rings. The van der Waals surface area contributed by atoms with Crippen molar-refractivity contribution in [1.29, 1.82) is 0 Å². The van der Waals surface area contributed by atoms with E-state index in [-0.39, 0.29) is 5.91 Å². The zero-order valence-electron chi connectivity index (χ0n) is 18.3. The second-order valence-corrected chi connectivity index (χ2v) is 8.63. The number of amides is 1. The molecular formula is C25H22N6OS. The van der Waals surface area contributed by atoms with Crippen LogP contribution in [0.5, 0.6) is 0 Å². The van der Waals surface area contributed by atoms with E-state index >= 15 is 0 Å². The number of hydrogen-bond donors (Lipinski definition) is 1. The van der Waals surface area contributed by atoms with Crippen molar-refractivity contribution in [2.24, 2.45) is 7.05 Å². The molecule has 0 aliphatic rings. The standard InChI is InChI=1S/C25H22N6OS/c1-17-8-6-7-11-20(17)21-12-23(31(29-21)14-18-9-4-3-5-10-18)28-24(32)22-16-33-25(27-22)19-13-26-30(2)15-19/h3-13,15-16H,14H2,1-2H3,(H,28,32). The van der Waals surface area contributed by atoms with Crippen LogP contribution in [0.15, 0.2) is 78.4 Å². The second-order valence-electron chi connectivity index (χ2n) is 7.77. The zero-order valence-corrected chi connectivity index (χ0v) is 19.1. The van der Waals surface area contributed by atoms with E-state index in [1.807, 2.05) is 72.5 Å². The SMILES string of the molecule is Cc1ccccc1-c1cc(NC(=O)c2csc(-c3cnn(C)c3)n2)n(Cc2ccccc2)n1. The van der Waals surface area contributed by atoms with Crippen LogP contribution in [0.4, 0.5) is 5.82 Å². The molecule has 8 heteroatoms. The smallest absolute Gasteiger partial charge is 0.276 e. The van der Waals surface area contributed by atoms with Crippen LogP contribution in [-0.4, -0.2) is 30.5 Å². The van der Waals surface area contributed by atoms with E-state index in [0.29, 0.717) is 18.1 Å². The Morgan fingerprint density at radius 2 is 1.88 bits per heavy atom. The molecule has 3 aromatic heterocycles. The molecule has 7 nitrogen and oxygen atoms in total. The Kier molecular flexibility index (Phi) is 5.58. The lowest BCUT2D eigenvalue weighted by Gasteiger charge is -2.08. The molecule has 33 heavy (non-hydrogen) atoms. The van der Waals surface area contributed by atoms with Gasteiger partial charge >= 0.3 is 0 Å². The average molecular weight is 455 g/mol. The van der Waals surface area contributed by atoms with Crippen LogP contribution in [0.3, 0.4) is 0 Å². The Balaban J connectivity index is 1.45. The Morgan fingerprint density at radius 1 is 1.09 bits per heavy atom. The van der Waals surface area contributed by atoms with Gasteiger partial charge in [0.1, 0.15) is 16.5 Å². The molecule has 0 atom stereocenters. The van der Waals surface area contributed by atoms with Gasteiger partial charge in [0, 0.05) is 35.8 Å². The zero-order chi connectivity index (χ0) is 22.8. The van der Waals surface area contributed by atoms with Gasteiger partial charge in [0.2, 0.25) is 0 Å². The predicted octanol–water partition coefficient (Wildman–Crippen LogP) is 5.02. The third kappa shape index (κ3) is 4.47. The summed E-state index contributed by atoms with van der Waals surface area (Å²) in [5.74, 6) is 0.352. The van der Waals surface area contributed by atoms with Gasteiger partial charge in [-0.25, -0.2) is 9.67 Å². The van der Waals surface area contributed by atoms with E-state index in [0.717, 1.165) is 33.0 Å². The van der Waals surface area contributed by atoms with Gasteiger partial charge in [-0.1, -0.05) is 54.6 Å². The van der Waals surface area contributed by atoms with Gasteiger partial charge in [-0.05, 0) is 18.1 Å². The molecule has 0 saturated heterocycles. The van der Waals surface area contributed by atoms with Crippen molar-refractivity contribution >= 4 is 23.1 Å². The normalized spacial score (nSPS) is 11.0. The first kappa shape index (κ1) is 20.8. The van der Waals surface area contributed by atoms with Gasteiger partial charge in [0.15, 0.2) is 0 Å². The predicted molar refractivity (Wildman–Crippen MR) is 130 cm³/mol. The summed E-state index contributed by atoms with van der Waals surface area (Å²) in [6, 6.07) is 20.1. The molecule has 0 spiro atoms. The average Bonchev–Trinajstić information content (AvgIpc) is 3.55. The van der Waals surface area contributed by atoms with E-state index in [1.165, 1.54) is 11.3 Å². The largest absolute Gasteiger partial charge is 0.305 e. The first-order chi connectivity index (χ1) is 16.1. The van der Waals surface area contributed by atoms with E-state index in [9.17, 15) is 4.79 Å². The lowest BCUT2D eigenvalue weighted by atomic mass is 10.1. The summed E-state index contributed by atoms with van der Waals surface area (Å²) in [4.78, 5) is 17.6. The Labute approximate surface area is 195 Å². The van der Waals surface area contributed by atoms with Crippen molar-refractivity contribution in [3.63, 3.8) is 0 Å². The number of benzene rings is 2. The van der Waals surface area contributed by atoms with Gasteiger partial charge in [0.05, 0.1) is 18.4 Å². The maximum atomic E-state index is 13.1. The molecule has 0 radical (unpaired) electrons. The highest BCUT2D eigenvalue weighted by atomic mass is 32.1. The van der Waals surface area contributed by atoms with Crippen LogP contribution in [-0.2, 0) is 13.6 Å². The summed E-state index contributed by atoms with van der Waals surface area (Å²) in [5, 5.41) is 14.5. The molecule has 2 aromatic carbocycles. The third-order valence-electron chi connectivity index (χ3n) is 5.31. The fraction of sp³-hybridized carbons (Fsp3) is 0.120. The Hall–Kier alpha value is -4.04. The number of carbonyl (C=O) groups excluding carboxylic acids is 1. The molecule has 5 rings (SSSR count). The Morgan fingerprint density at radius 3 is 2.64 bits per heavy atom. The Bertz CT molecular complexity index is 1420. The number of nitrogens with zero attached hydrogens (tertiary/aromatic N) is 5. The molecule has 0 fully saturated rings. The molecular weight excluding hydrogens is 432 g/mol. The fourth-order valence-electron chi connectivity index (χ4n) is 3.61. The van der Waals surface area contributed by atoms with Crippen LogP contribution in [0, 0.1) is 6.92 Å². The van der Waals surface area contributed by atoms with Crippen molar-refractivity contribution in [3.05, 3.63) is 95.3 Å². The molecule has 0 aliphatic carbocycles. The summed E-state index contributed by atoms with van der Waals surface area (Å²) >= 11 is 1.42. The summed E-state index contributed by atoms with van der Waals surface area (Å²) in [6.07, 6.45) is 3.62. The van der Waals surface area contributed by atoms with Crippen LogP contribution < -0.4 is 5.32 Å². The molecule has 3 heterocycles. The number of nitrogens with one attached hydrogen (secondary N) is 1. The first-order valence-electron chi connectivity index (χ1n) is 10.5. The summed E-state index contributed by atoms with van der Waals surface area (Å²) in [5.41, 5.74) is 5.32. The number of anilines is 1. The molecule has 0 aliphatic heterocycles. The molecule has 0 saturated carbocycles. The summed E-state index contributed by atoms with van der Waals surface area (Å²) < 4.78 is 3.54. The van der Waals surface area contributed by atoms with Crippen LogP contribution in [0.1, 0.15) is 21.6 Å². The topological polar surface area (TPSA) is 77.6 Å². The molecule has 0 unspecified atom stereocenters. The highest BCUT2D eigenvalue weighted by molar-refractivity contribution is 7.13. The van der Waals surface area contributed by atoms with Gasteiger partial charge < -0.3 is 5.32 Å². The summed E-state index contributed by atoms with van der Waals surface area (Å²) in [7, 11) is 1.85. The third-order valence-corrected chi connectivity index (χ3v) is 6.20. The van der Waals surface area contributed by atoms with Crippen molar-refractivity contribution in [3.8, 4) is 21.8 Å². The molecule has 1 N–H and O–H groups in total. The molecule has 1 amide bonds. The number of hydrogen-bond acceptors (Lipinski definition) is 5. The van der Waals surface area contributed by atoms with Gasteiger partial charge in [-0.2, -0.15) is 10.2 Å². The maximum absolute atomic E-state index is 13.1. The number of carbonyl (C=O) groups is 1. The lowest BCUT2D eigenvalue weighted by Crippen LogP contribution is -2.16. The quantitative estimate of drug-likeness (QED) is 0.391. The van der Waals surface area contributed by atoms with Gasteiger partial charge in [-0.3, -0.25) is 9.48 Å². The molecule has 164 valence electrons. The highest BCUT2D eigenvalue weighted by Gasteiger charge is 2.17. The number of aryl methyl sites for hydroxylation is 2. The maximum Gasteiger partial charge on any atom is 0.276 e. The van der Waals surface area contributed by atoms with Crippen molar-refractivity contribution in [1.82, 2.24) is 24.5 Å². The number of rotatable bonds is 6. The van der Waals surface area contributed by atoms with Crippen LogP contribution in [0.25, 0.3) is 21.8 Å². The van der Waals surface area contributed by atoms with E-state index in [4.69, 9.17) is 5.10 Å². The number of aromatic nitrogens is 5. The van der Waals surface area contributed by atoms with Crippen molar-refractivity contribution < 1.29 is 4.79 Å². The van der Waals surface area contributed by atoms with E-state index in [1.54, 1.807) is 16.3 Å². The van der Waals surface area contributed by atoms with Gasteiger partial charge in [0.25, 0.3) is 5.91 Å². The minimum Gasteiger partial charge on any atom is -0.305 e. The fourth-order valence-corrected chi connectivity index (χ4v) is 4.38. The minimum atomic E-state index is -0.271. The van der Waals surface area contributed by atoms with Crippen LogP contribution >= 0.6 is 11.3 Å². The number of thiazole rings is 1. The van der Waals surface area contributed by atoms with Crippen molar-refractivity contribution in [2.45, 2.75) is 13.5 Å². The minimum absolute atomic E-state index is 0.271. The first-order valence-corrected chi connectivity index (χ1v) is 11.4. The summed E-state index contributed by atoms with van der Waals surface area (Å²) in [6.45, 7) is 2.60. The van der Waals surface area contributed by atoms with Gasteiger partial charge in [-0.15, -0.1) is 11.3 Å². The lowest BCUT2D eigenvalue weighted by molar-refractivity contribution is 0.102. The monoisotopic (exact) mass is 454 g/mol. The van der Waals surface area contributed by atoms with Crippen molar-refractivity contribution in [2.75, 3.05) is 5.32 Å².